The van der Waals surface area contributed by atoms with Gasteiger partial charge in [0.2, 0.25) is 0 Å². The van der Waals surface area contributed by atoms with Gasteiger partial charge in [0, 0.05) is 18.2 Å². The summed E-state index contributed by atoms with van der Waals surface area (Å²) in [6.45, 7) is 2.90. The Balaban J connectivity index is 1.58. The number of amides is 1. The Morgan fingerprint density at radius 1 is 1.22 bits per heavy atom. The SMILES string of the molecule is O=C(c1ccccc1)N(Cc1ccsc1)C1CC12CCNCC2. The van der Waals surface area contributed by atoms with Gasteiger partial charge in [-0.3, -0.25) is 4.79 Å². The van der Waals surface area contributed by atoms with Crippen LogP contribution in [0.2, 0.25) is 0 Å². The van der Waals surface area contributed by atoms with Crippen molar-refractivity contribution < 1.29 is 4.79 Å². The quantitative estimate of drug-likeness (QED) is 0.932. The van der Waals surface area contributed by atoms with Crippen LogP contribution in [0.15, 0.2) is 47.2 Å². The predicted octanol–water partition coefficient (Wildman–Crippen LogP) is 3.53. The molecular weight excluding hydrogens is 304 g/mol. The van der Waals surface area contributed by atoms with Gasteiger partial charge in [0.25, 0.3) is 5.91 Å². The van der Waals surface area contributed by atoms with E-state index in [0.717, 1.165) is 31.6 Å². The lowest BCUT2D eigenvalue weighted by Crippen LogP contribution is -2.39. The summed E-state index contributed by atoms with van der Waals surface area (Å²) >= 11 is 1.70. The molecule has 1 N–H and O–H groups in total. The van der Waals surface area contributed by atoms with Gasteiger partial charge in [-0.05, 0) is 72.3 Å². The van der Waals surface area contributed by atoms with Crippen molar-refractivity contribution in [3.05, 3.63) is 58.3 Å². The van der Waals surface area contributed by atoms with Crippen molar-refractivity contribution in [3.63, 3.8) is 0 Å². The predicted molar refractivity (Wildman–Crippen MR) is 93.6 cm³/mol. The van der Waals surface area contributed by atoms with Crippen molar-refractivity contribution in [2.75, 3.05) is 13.1 Å². The first-order chi connectivity index (χ1) is 11.3. The summed E-state index contributed by atoms with van der Waals surface area (Å²) in [5.41, 5.74) is 2.42. The molecule has 1 atom stereocenters. The maximum Gasteiger partial charge on any atom is 0.254 e. The Kier molecular flexibility index (Phi) is 3.95. The molecule has 3 nitrogen and oxygen atoms in total. The Morgan fingerprint density at radius 2 is 2.00 bits per heavy atom. The number of thiophene rings is 1. The van der Waals surface area contributed by atoms with Crippen molar-refractivity contribution in [2.45, 2.75) is 31.8 Å². The molecule has 2 aliphatic rings. The molecule has 1 amide bonds. The molecule has 1 spiro atoms. The first kappa shape index (κ1) is 14.9. The minimum Gasteiger partial charge on any atom is -0.331 e. The minimum absolute atomic E-state index is 0.178. The lowest BCUT2D eigenvalue weighted by Gasteiger charge is -2.29. The molecule has 1 saturated carbocycles. The van der Waals surface area contributed by atoms with Gasteiger partial charge in [0.15, 0.2) is 0 Å². The highest BCUT2D eigenvalue weighted by molar-refractivity contribution is 7.07. The Hall–Kier alpha value is -1.65. The van der Waals surface area contributed by atoms with Crippen molar-refractivity contribution in [1.29, 1.82) is 0 Å². The third kappa shape index (κ3) is 2.93. The molecule has 1 saturated heterocycles. The summed E-state index contributed by atoms with van der Waals surface area (Å²) in [7, 11) is 0. The third-order valence-electron chi connectivity index (χ3n) is 5.34. The number of hydrogen-bond donors (Lipinski definition) is 1. The van der Waals surface area contributed by atoms with Gasteiger partial charge in [0.1, 0.15) is 0 Å². The van der Waals surface area contributed by atoms with E-state index < -0.39 is 0 Å². The molecule has 1 aliphatic heterocycles. The third-order valence-corrected chi connectivity index (χ3v) is 6.07. The van der Waals surface area contributed by atoms with Crippen LogP contribution >= 0.6 is 11.3 Å². The zero-order chi connectivity index (χ0) is 15.7. The maximum atomic E-state index is 13.1. The second kappa shape index (κ2) is 6.10. The summed E-state index contributed by atoms with van der Waals surface area (Å²) in [5.74, 6) is 0.178. The van der Waals surface area contributed by atoms with E-state index in [4.69, 9.17) is 0 Å². The molecule has 4 rings (SSSR count). The van der Waals surface area contributed by atoms with Crippen molar-refractivity contribution in [2.24, 2.45) is 5.41 Å². The van der Waals surface area contributed by atoms with Crippen molar-refractivity contribution in [3.8, 4) is 0 Å². The number of piperidine rings is 1. The first-order valence-corrected chi connectivity index (χ1v) is 9.31. The summed E-state index contributed by atoms with van der Waals surface area (Å²) < 4.78 is 0. The molecule has 1 unspecified atom stereocenters. The van der Waals surface area contributed by atoms with Crippen LogP contribution in [0.4, 0.5) is 0 Å². The van der Waals surface area contributed by atoms with Gasteiger partial charge in [-0.1, -0.05) is 18.2 Å². The first-order valence-electron chi connectivity index (χ1n) is 8.36. The molecule has 2 aromatic rings. The molecule has 23 heavy (non-hydrogen) atoms. The Bertz CT molecular complexity index is 662. The standard InChI is InChI=1S/C19H22N2OS/c22-18(16-4-2-1-3-5-16)21(13-15-6-11-23-14-15)17-12-19(17)7-9-20-10-8-19/h1-6,11,14,17,20H,7-10,12-13H2. The summed E-state index contributed by atoms with van der Waals surface area (Å²) in [6, 6.07) is 12.3. The lowest BCUT2D eigenvalue weighted by atomic mass is 9.93. The molecule has 120 valence electrons. The summed E-state index contributed by atoms with van der Waals surface area (Å²) in [4.78, 5) is 15.2. The number of carbonyl (C=O) groups excluding carboxylic acids is 1. The van der Waals surface area contributed by atoms with Gasteiger partial charge in [0.05, 0.1) is 0 Å². The van der Waals surface area contributed by atoms with Gasteiger partial charge >= 0.3 is 0 Å². The van der Waals surface area contributed by atoms with Crippen LogP contribution in [0.3, 0.4) is 0 Å². The molecule has 1 aliphatic carbocycles. The normalized spacial score (nSPS) is 22.0. The Labute approximate surface area is 141 Å². The zero-order valence-corrected chi connectivity index (χ0v) is 14.0. The van der Waals surface area contributed by atoms with E-state index in [9.17, 15) is 4.79 Å². The molecule has 2 heterocycles. The van der Waals surface area contributed by atoms with Crippen molar-refractivity contribution >= 4 is 17.2 Å². The van der Waals surface area contributed by atoms with E-state index in [-0.39, 0.29) is 5.91 Å². The zero-order valence-electron chi connectivity index (χ0n) is 13.2. The van der Waals surface area contributed by atoms with Crippen LogP contribution in [0, 0.1) is 5.41 Å². The van der Waals surface area contributed by atoms with Gasteiger partial charge < -0.3 is 10.2 Å². The molecule has 0 bridgehead atoms. The van der Waals surface area contributed by atoms with E-state index in [2.05, 4.69) is 27.0 Å². The van der Waals surface area contributed by atoms with Crippen LogP contribution in [0.25, 0.3) is 0 Å². The number of rotatable bonds is 4. The van der Waals surface area contributed by atoms with E-state index >= 15 is 0 Å². The van der Waals surface area contributed by atoms with Crippen LogP contribution < -0.4 is 5.32 Å². The van der Waals surface area contributed by atoms with Crippen LogP contribution in [-0.2, 0) is 6.54 Å². The average molecular weight is 326 g/mol. The van der Waals surface area contributed by atoms with Crippen LogP contribution in [0.1, 0.15) is 35.2 Å². The fourth-order valence-corrected chi connectivity index (χ4v) is 4.54. The molecular formula is C19H22N2OS. The van der Waals surface area contributed by atoms with Crippen molar-refractivity contribution in [1.82, 2.24) is 10.2 Å². The molecule has 1 aromatic carbocycles. The highest BCUT2D eigenvalue weighted by Gasteiger charge is 2.57. The number of hydrogen-bond acceptors (Lipinski definition) is 3. The Morgan fingerprint density at radius 3 is 2.70 bits per heavy atom. The number of nitrogens with one attached hydrogen (secondary N) is 1. The number of nitrogens with zero attached hydrogens (tertiary/aromatic N) is 1. The lowest BCUT2D eigenvalue weighted by molar-refractivity contribution is 0.0692. The van der Waals surface area contributed by atoms with Crippen LogP contribution in [-0.4, -0.2) is 29.9 Å². The smallest absolute Gasteiger partial charge is 0.254 e. The van der Waals surface area contributed by atoms with Crippen LogP contribution in [0.5, 0.6) is 0 Å². The summed E-state index contributed by atoms with van der Waals surface area (Å²) in [6.07, 6.45) is 3.55. The number of carbonyl (C=O) groups is 1. The highest BCUT2D eigenvalue weighted by atomic mass is 32.1. The fraction of sp³-hybridized carbons (Fsp3) is 0.421. The summed E-state index contributed by atoms with van der Waals surface area (Å²) in [5, 5.41) is 7.69. The molecule has 2 fully saturated rings. The van der Waals surface area contributed by atoms with E-state index in [1.807, 2.05) is 30.3 Å². The molecule has 1 aromatic heterocycles. The topological polar surface area (TPSA) is 32.3 Å². The van der Waals surface area contributed by atoms with Gasteiger partial charge in [-0.25, -0.2) is 0 Å². The monoisotopic (exact) mass is 326 g/mol. The molecule has 0 radical (unpaired) electrons. The molecule has 4 heteroatoms. The highest BCUT2D eigenvalue weighted by Crippen LogP contribution is 2.56. The minimum atomic E-state index is 0.178. The van der Waals surface area contributed by atoms with E-state index in [0.29, 0.717) is 11.5 Å². The largest absolute Gasteiger partial charge is 0.331 e. The maximum absolute atomic E-state index is 13.1. The average Bonchev–Trinajstić information content (AvgIpc) is 3.04. The van der Waals surface area contributed by atoms with Gasteiger partial charge in [-0.2, -0.15) is 11.3 Å². The fourth-order valence-electron chi connectivity index (χ4n) is 3.88. The van der Waals surface area contributed by atoms with E-state index in [1.54, 1.807) is 11.3 Å². The second-order valence-electron chi connectivity index (χ2n) is 6.76. The van der Waals surface area contributed by atoms with Gasteiger partial charge in [-0.15, -0.1) is 0 Å². The van der Waals surface area contributed by atoms with E-state index in [1.165, 1.54) is 18.4 Å². The number of benzene rings is 1. The second-order valence-corrected chi connectivity index (χ2v) is 7.54.